The van der Waals surface area contributed by atoms with E-state index in [1.807, 2.05) is 0 Å². The first-order valence-electron chi connectivity index (χ1n) is 5.27. The van der Waals surface area contributed by atoms with Crippen molar-refractivity contribution >= 4 is 0 Å². The van der Waals surface area contributed by atoms with Gasteiger partial charge in [0.05, 0.1) is 0 Å². The summed E-state index contributed by atoms with van der Waals surface area (Å²) in [6.45, 7) is 7.51. The molecule has 0 radical (unpaired) electrons. The van der Waals surface area contributed by atoms with E-state index in [-0.39, 0.29) is 0 Å². The lowest BCUT2D eigenvalue weighted by atomic mass is 10.3. The van der Waals surface area contributed by atoms with Crippen molar-refractivity contribution in [1.82, 2.24) is 9.80 Å². The van der Waals surface area contributed by atoms with Crippen LogP contribution in [0.15, 0.2) is 0 Å². The topological polar surface area (TPSA) is 32.5 Å². The Balaban J connectivity index is 3.53. The molecule has 0 saturated carbocycles. The van der Waals surface area contributed by atoms with E-state index in [9.17, 15) is 0 Å². The summed E-state index contributed by atoms with van der Waals surface area (Å²) < 4.78 is 0. The number of hydrogen-bond donors (Lipinski definition) is 1. The van der Waals surface area contributed by atoms with Gasteiger partial charge in [-0.3, -0.25) is 0 Å². The molecule has 0 aromatic heterocycles. The minimum atomic E-state index is 0.775. The second kappa shape index (κ2) is 8.48. The quantitative estimate of drug-likeness (QED) is 0.604. The van der Waals surface area contributed by atoms with Crippen LogP contribution in [0.1, 0.15) is 19.8 Å². The van der Waals surface area contributed by atoms with Crippen molar-refractivity contribution in [2.24, 2.45) is 5.73 Å². The summed E-state index contributed by atoms with van der Waals surface area (Å²) in [6.07, 6.45) is 2.55. The Bertz CT molecular complexity index is 104. The van der Waals surface area contributed by atoms with Gasteiger partial charge in [0.25, 0.3) is 0 Å². The fourth-order valence-corrected chi connectivity index (χ4v) is 1.24. The average molecular weight is 187 g/mol. The van der Waals surface area contributed by atoms with Gasteiger partial charge in [-0.2, -0.15) is 0 Å². The Morgan fingerprint density at radius 2 is 1.69 bits per heavy atom. The molecule has 0 aromatic carbocycles. The standard InChI is InChI=1S/C10H25N3/c1-4-5-7-13(8-6-11)10-9-12(2)3/h4-11H2,1-3H3. The van der Waals surface area contributed by atoms with Crippen LogP contribution in [-0.2, 0) is 0 Å². The predicted molar refractivity (Wildman–Crippen MR) is 59.0 cm³/mol. The van der Waals surface area contributed by atoms with Gasteiger partial charge in [-0.1, -0.05) is 13.3 Å². The Hall–Kier alpha value is -0.120. The van der Waals surface area contributed by atoms with Gasteiger partial charge in [0.1, 0.15) is 0 Å². The summed E-state index contributed by atoms with van der Waals surface area (Å²) in [6, 6.07) is 0. The Labute approximate surface area is 82.9 Å². The SMILES string of the molecule is CCCCN(CCN)CCN(C)C. The molecule has 0 atom stereocenters. The van der Waals surface area contributed by atoms with Gasteiger partial charge in [-0.25, -0.2) is 0 Å². The highest BCUT2D eigenvalue weighted by atomic mass is 15.2. The van der Waals surface area contributed by atoms with Crippen LogP contribution in [0.2, 0.25) is 0 Å². The summed E-state index contributed by atoms with van der Waals surface area (Å²) in [7, 11) is 4.22. The molecule has 0 aliphatic carbocycles. The molecule has 0 aliphatic heterocycles. The monoisotopic (exact) mass is 187 g/mol. The fourth-order valence-electron chi connectivity index (χ4n) is 1.24. The van der Waals surface area contributed by atoms with E-state index < -0.39 is 0 Å². The van der Waals surface area contributed by atoms with Crippen LogP contribution in [-0.4, -0.2) is 56.6 Å². The fraction of sp³-hybridized carbons (Fsp3) is 1.00. The molecule has 0 spiro atoms. The van der Waals surface area contributed by atoms with Gasteiger partial charge in [-0.05, 0) is 27.1 Å². The Morgan fingerprint density at radius 3 is 2.15 bits per heavy atom. The number of likely N-dealkylation sites (N-methyl/N-ethyl adjacent to an activating group) is 1. The minimum absolute atomic E-state index is 0.775. The molecule has 0 amide bonds. The van der Waals surface area contributed by atoms with Crippen molar-refractivity contribution in [3.05, 3.63) is 0 Å². The molecule has 0 rings (SSSR count). The molecule has 0 aliphatic rings. The normalized spacial score (nSPS) is 11.5. The molecule has 0 saturated heterocycles. The molecule has 13 heavy (non-hydrogen) atoms. The highest BCUT2D eigenvalue weighted by Crippen LogP contribution is 1.94. The van der Waals surface area contributed by atoms with Gasteiger partial charge in [0.15, 0.2) is 0 Å². The first-order chi connectivity index (χ1) is 6.20. The van der Waals surface area contributed by atoms with E-state index in [4.69, 9.17) is 5.73 Å². The number of unbranched alkanes of at least 4 members (excludes halogenated alkanes) is 1. The van der Waals surface area contributed by atoms with Crippen molar-refractivity contribution in [3.8, 4) is 0 Å². The molecule has 3 nitrogen and oxygen atoms in total. The largest absolute Gasteiger partial charge is 0.329 e. The summed E-state index contributed by atoms with van der Waals surface area (Å²) in [5.74, 6) is 0. The lowest BCUT2D eigenvalue weighted by molar-refractivity contribution is 0.243. The second-order valence-corrected chi connectivity index (χ2v) is 3.79. The van der Waals surface area contributed by atoms with Gasteiger partial charge < -0.3 is 15.5 Å². The molecule has 0 unspecified atom stereocenters. The van der Waals surface area contributed by atoms with Gasteiger partial charge in [-0.15, -0.1) is 0 Å². The lowest BCUT2D eigenvalue weighted by Crippen LogP contribution is -2.35. The van der Waals surface area contributed by atoms with Crippen LogP contribution in [0.3, 0.4) is 0 Å². The molecule has 0 heterocycles. The molecular weight excluding hydrogens is 162 g/mol. The smallest absolute Gasteiger partial charge is 0.0110 e. The number of nitrogens with zero attached hydrogens (tertiary/aromatic N) is 2. The third-order valence-corrected chi connectivity index (χ3v) is 2.14. The average Bonchev–Trinajstić information content (AvgIpc) is 2.09. The first kappa shape index (κ1) is 12.9. The first-order valence-corrected chi connectivity index (χ1v) is 5.27. The van der Waals surface area contributed by atoms with Crippen LogP contribution in [0.4, 0.5) is 0 Å². The zero-order valence-corrected chi connectivity index (χ0v) is 9.42. The summed E-state index contributed by atoms with van der Waals surface area (Å²) in [5, 5.41) is 0. The Morgan fingerprint density at radius 1 is 1.00 bits per heavy atom. The van der Waals surface area contributed by atoms with Crippen LogP contribution in [0, 0.1) is 0 Å². The molecule has 80 valence electrons. The third-order valence-electron chi connectivity index (χ3n) is 2.14. The molecule has 3 heteroatoms. The maximum Gasteiger partial charge on any atom is 0.0110 e. The highest BCUT2D eigenvalue weighted by molar-refractivity contribution is 4.59. The third kappa shape index (κ3) is 8.22. The van der Waals surface area contributed by atoms with Gasteiger partial charge in [0.2, 0.25) is 0 Å². The van der Waals surface area contributed by atoms with Crippen molar-refractivity contribution in [2.75, 3.05) is 46.8 Å². The maximum absolute atomic E-state index is 5.55. The van der Waals surface area contributed by atoms with E-state index in [0.29, 0.717) is 0 Å². The Kier molecular flexibility index (Phi) is 8.40. The van der Waals surface area contributed by atoms with Crippen LogP contribution >= 0.6 is 0 Å². The minimum Gasteiger partial charge on any atom is -0.329 e. The summed E-state index contributed by atoms with van der Waals surface area (Å²) in [4.78, 5) is 4.67. The van der Waals surface area contributed by atoms with Crippen molar-refractivity contribution in [3.63, 3.8) is 0 Å². The van der Waals surface area contributed by atoms with Gasteiger partial charge >= 0.3 is 0 Å². The van der Waals surface area contributed by atoms with Crippen molar-refractivity contribution in [2.45, 2.75) is 19.8 Å². The van der Waals surface area contributed by atoms with E-state index in [1.54, 1.807) is 0 Å². The number of nitrogens with two attached hydrogens (primary N) is 1. The zero-order chi connectivity index (χ0) is 10.1. The molecule has 2 N–H and O–H groups in total. The summed E-state index contributed by atoms with van der Waals surface area (Å²) >= 11 is 0. The lowest BCUT2D eigenvalue weighted by Gasteiger charge is -2.23. The van der Waals surface area contributed by atoms with Crippen molar-refractivity contribution < 1.29 is 0 Å². The van der Waals surface area contributed by atoms with E-state index in [2.05, 4.69) is 30.8 Å². The van der Waals surface area contributed by atoms with E-state index in [0.717, 1.165) is 26.2 Å². The van der Waals surface area contributed by atoms with E-state index >= 15 is 0 Å². The summed E-state index contributed by atoms with van der Waals surface area (Å²) in [5.41, 5.74) is 5.55. The number of rotatable bonds is 8. The molecular formula is C10H25N3. The zero-order valence-electron chi connectivity index (χ0n) is 9.42. The van der Waals surface area contributed by atoms with Crippen LogP contribution in [0.25, 0.3) is 0 Å². The van der Waals surface area contributed by atoms with Crippen molar-refractivity contribution in [1.29, 1.82) is 0 Å². The maximum atomic E-state index is 5.55. The molecule has 0 bridgehead atoms. The van der Waals surface area contributed by atoms with Gasteiger partial charge in [0, 0.05) is 26.2 Å². The second-order valence-electron chi connectivity index (χ2n) is 3.79. The molecule has 0 fully saturated rings. The molecule has 0 aromatic rings. The van der Waals surface area contributed by atoms with E-state index in [1.165, 1.54) is 19.4 Å². The predicted octanol–water partition coefficient (Wildman–Crippen LogP) is 0.609. The van der Waals surface area contributed by atoms with Crippen LogP contribution < -0.4 is 5.73 Å². The highest BCUT2D eigenvalue weighted by Gasteiger charge is 2.02. The number of hydrogen-bond acceptors (Lipinski definition) is 3. The van der Waals surface area contributed by atoms with Crippen LogP contribution in [0.5, 0.6) is 0 Å².